The van der Waals surface area contributed by atoms with E-state index in [1.165, 1.54) is 24.0 Å². The second-order valence-corrected chi connectivity index (χ2v) is 3.05. The molecule has 1 rings (SSSR count). The molecule has 0 spiro atoms. The summed E-state index contributed by atoms with van der Waals surface area (Å²) in [6.45, 7) is 12.3. The summed E-state index contributed by atoms with van der Waals surface area (Å²) in [7, 11) is 0. The minimum atomic E-state index is 1.17. The van der Waals surface area contributed by atoms with Crippen LogP contribution in [0.4, 0.5) is 0 Å². The van der Waals surface area contributed by atoms with E-state index >= 15 is 0 Å². The lowest BCUT2D eigenvalue weighted by atomic mass is 10.1. The van der Waals surface area contributed by atoms with E-state index in [-0.39, 0.29) is 0 Å². The van der Waals surface area contributed by atoms with Crippen LogP contribution in [0.1, 0.15) is 58.6 Å². The summed E-state index contributed by atoms with van der Waals surface area (Å²) in [5.74, 6) is 0. The van der Waals surface area contributed by atoms with Crippen LogP contribution in [0.3, 0.4) is 0 Å². The summed E-state index contributed by atoms with van der Waals surface area (Å²) in [4.78, 5) is 0. The maximum atomic E-state index is 2.24. The first kappa shape index (κ1) is 17.4. The molecule has 0 saturated carbocycles. The van der Waals surface area contributed by atoms with Crippen LogP contribution in [-0.4, -0.2) is 0 Å². The zero-order valence-corrected chi connectivity index (χ0v) is 11.9. The lowest BCUT2D eigenvalue weighted by Gasteiger charge is -1.97. The third kappa shape index (κ3) is 8.28. The van der Waals surface area contributed by atoms with Crippen LogP contribution in [0, 0.1) is 6.92 Å². The Morgan fingerprint density at radius 3 is 2.06 bits per heavy atom. The first-order chi connectivity index (χ1) is 7.84. The third-order valence-corrected chi connectivity index (χ3v) is 1.94. The van der Waals surface area contributed by atoms with Crippen LogP contribution in [0.25, 0.3) is 6.08 Å². The van der Waals surface area contributed by atoms with Crippen molar-refractivity contribution in [3.63, 3.8) is 0 Å². The van der Waals surface area contributed by atoms with Crippen molar-refractivity contribution in [2.24, 2.45) is 0 Å². The highest BCUT2D eigenvalue weighted by Crippen LogP contribution is 2.09. The van der Waals surface area contributed by atoms with Crippen LogP contribution in [0.5, 0.6) is 0 Å². The monoisotopic (exact) mass is 220 g/mol. The molecule has 1 aromatic carbocycles. The van der Waals surface area contributed by atoms with E-state index in [4.69, 9.17) is 0 Å². The smallest absolute Gasteiger partial charge is 0.0231 e. The predicted molar refractivity (Wildman–Crippen MR) is 77.8 cm³/mol. The third-order valence-electron chi connectivity index (χ3n) is 1.94. The van der Waals surface area contributed by atoms with Gasteiger partial charge >= 0.3 is 0 Å². The number of allylic oxidation sites excluding steroid dienone is 1. The molecule has 0 N–H and O–H groups in total. The summed E-state index contributed by atoms with van der Waals surface area (Å²) in [5.41, 5.74) is 2.69. The van der Waals surface area contributed by atoms with Crippen molar-refractivity contribution in [3.05, 3.63) is 41.5 Å². The fourth-order valence-corrected chi connectivity index (χ4v) is 1.15. The normalized spacial score (nSPS) is 8.88. The standard InChI is InChI=1S/C12H16.2C2H6/c1-3-4-5-9-12-10-7-6-8-11(12)2;2*1-2/h5-10H,3-4H2,1-2H3;2*1-2H3/b9-5-;;. The van der Waals surface area contributed by atoms with Crippen molar-refractivity contribution >= 4 is 6.08 Å². The van der Waals surface area contributed by atoms with E-state index in [9.17, 15) is 0 Å². The van der Waals surface area contributed by atoms with E-state index in [2.05, 4.69) is 50.3 Å². The topological polar surface area (TPSA) is 0 Å². The molecule has 1 aromatic rings. The number of rotatable bonds is 3. The minimum Gasteiger partial charge on any atom is -0.0839 e. The van der Waals surface area contributed by atoms with Crippen molar-refractivity contribution in [1.82, 2.24) is 0 Å². The maximum absolute atomic E-state index is 2.24. The number of unbranched alkanes of at least 4 members (excludes halogenated alkanes) is 1. The molecule has 92 valence electrons. The zero-order valence-electron chi connectivity index (χ0n) is 11.9. The zero-order chi connectivity index (χ0) is 12.8. The Labute approximate surface area is 102 Å². The average Bonchev–Trinajstić information content (AvgIpc) is 2.37. The van der Waals surface area contributed by atoms with E-state index in [1.54, 1.807) is 0 Å². The molecule has 0 aliphatic heterocycles. The Kier molecular flexibility index (Phi) is 15.1. The van der Waals surface area contributed by atoms with Gasteiger partial charge in [0, 0.05) is 0 Å². The summed E-state index contributed by atoms with van der Waals surface area (Å²) < 4.78 is 0. The molecule has 0 heteroatoms. The second-order valence-electron chi connectivity index (χ2n) is 3.05. The molecule has 0 heterocycles. The molecule has 0 aliphatic rings. The minimum absolute atomic E-state index is 1.17. The summed E-state index contributed by atoms with van der Waals surface area (Å²) in [5, 5.41) is 0. The molecule has 0 nitrogen and oxygen atoms in total. The van der Waals surface area contributed by atoms with Crippen LogP contribution < -0.4 is 0 Å². The van der Waals surface area contributed by atoms with Gasteiger partial charge in [-0.15, -0.1) is 0 Å². The van der Waals surface area contributed by atoms with Crippen LogP contribution in [-0.2, 0) is 0 Å². The van der Waals surface area contributed by atoms with Gasteiger partial charge in [-0.3, -0.25) is 0 Å². The van der Waals surface area contributed by atoms with E-state index in [1.807, 2.05) is 27.7 Å². The van der Waals surface area contributed by atoms with Crippen molar-refractivity contribution in [2.75, 3.05) is 0 Å². The number of hydrogen-bond acceptors (Lipinski definition) is 0. The average molecular weight is 220 g/mol. The highest BCUT2D eigenvalue weighted by atomic mass is 13.9. The van der Waals surface area contributed by atoms with E-state index in [0.29, 0.717) is 0 Å². The van der Waals surface area contributed by atoms with Gasteiger partial charge in [0.25, 0.3) is 0 Å². The van der Waals surface area contributed by atoms with Crippen molar-refractivity contribution in [1.29, 1.82) is 0 Å². The van der Waals surface area contributed by atoms with Crippen molar-refractivity contribution in [2.45, 2.75) is 54.4 Å². The second kappa shape index (κ2) is 14.0. The van der Waals surface area contributed by atoms with Gasteiger partial charge in [0.2, 0.25) is 0 Å². The molecular formula is C16H28. The Hall–Kier alpha value is -1.04. The molecule has 0 unspecified atom stereocenters. The van der Waals surface area contributed by atoms with Gasteiger partial charge in [0.05, 0.1) is 0 Å². The molecule has 0 radical (unpaired) electrons. The van der Waals surface area contributed by atoms with E-state index in [0.717, 1.165) is 0 Å². The largest absolute Gasteiger partial charge is 0.0839 e. The number of benzene rings is 1. The fourth-order valence-electron chi connectivity index (χ4n) is 1.15. The predicted octanol–water partition coefficient (Wildman–Crippen LogP) is 5.86. The quantitative estimate of drug-likeness (QED) is 0.598. The lowest BCUT2D eigenvalue weighted by molar-refractivity contribution is 0.962. The Balaban J connectivity index is 0. The van der Waals surface area contributed by atoms with E-state index < -0.39 is 0 Å². The maximum Gasteiger partial charge on any atom is -0.0231 e. The molecule has 0 saturated heterocycles. The number of aryl methyl sites for hydroxylation is 1. The highest BCUT2D eigenvalue weighted by molar-refractivity contribution is 5.53. The summed E-state index contributed by atoms with van der Waals surface area (Å²) in [6.07, 6.45) is 6.85. The molecule has 0 bridgehead atoms. The van der Waals surface area contributed by atoms with Crippen LogP contribution >= 0.6 is 0 Å². The summed E-state index contributed by atoms with van der Waals surface area (Å²) in [6, 6.07) is 8.46. The van der Waals surface area contributed by atoms with Gasteiger partial charge in [-0.05, 0) is 24.5 Å². The molecule has 16 heavy (non-hydrogen) atoms. The summed E-state index contributed by atoms with van der Waals surface area (Å²) >= 11 is 0. The molecular weight excluding hydrogens is 192 g/mol. The van der Waals surface area contributed by atoms with Gasteiger partial charge in [-0.1, -0.05) is 77.5 Å². The lowest BCUT2D eigenvalue weighted by Crippen LogP contribution is -1.77. The highest BCUT2D eigenvalue weighted by Gasteiger charge is 1.89. The molecule has 0 aromatic heterocycles. The molecule has 0 fully saturated rings. The Morgan fingerprint density at radius 2 is 1.56 bits per heavy atom. The van der Waals surface area contributed by atoms with Gasteiger partial charge in [0.15, 0.2) is 0 Å². The molecule has 0 amide bonds. The van der Waals surface area contributed by atoms with Gasteiger partial charge in [-0.25, -0.2) is 0 Å². The SMILES string of the molecule is CC.CC.CCC/C=C\c1ccccc1C. The van der Waals surface area contributed by atoms with Crippen molar-refractivity contribution < 1.29 is 0 Å². The fraction of sp³-hybridized carbons (Fsp3) is 0.500. The Bertz CT molecular complexity index is 258. The van der Waals surface area contributed by atoms with Gasteiger partial charge < -0.3 is 0 Å². The van der Waals surface area contributed by atoms with Crippen LogP contribution in [0.15, 0.2) is 30.3 Å². The van der Waals surface area contributed by atoms with Crippen LogP contribution in [0.2, 0.25) is 0 Å². The number of hydrogen-bond donors (Lipinski definition) is 0. The molecule has 0 aliphatic carbocycles. The van der Waals surface area contributed by atoms with Crippen molar-refractivity contribution in [3.8, 4) is 0 Å². The van der Waals surface area contributed by atoms with Gasteiger partial charge in [0.1, 0.15) is 0 Å². The molecule has 0 atom stereocenters. The first-order valence-electron chi connectivity index (χ1n) is 6.56. The first-order valence-corrected chi connectivity index (χ1v) is 6.56. The Morgan fingerprint density at radius 1 is 1.00 bits per heavy atom. The van der Waals surface area contributed by atoms with Gasteiger partial charge in [-0.2, -0.15) is 0 Å².